The molecule has 1 rings (SSSR count). The Morgan fingerprint density at radius 1 is 1.44 bits per heavy atom. The van der Waals surface area contributed by atoms with Crippen LogP contribution in [0.1, 0.15) is 27.2 Å². The highest BCUT2D eigenvalue weighted by atomic mass is 16.8. The molecule has 5 nitrogen and oxygen atoms in total. The molecule has 0 radical (unpaired) electrons. The Morgan fingerprint density at radius 3 is 2.25 bits per heavy atom. The number of carboxylic acids is 1. The molecule has 0 saturated carbocycles. The summed E-state index contributed by atoms with van der Waals surface area (Å²) in [6.07, 6.45) is 0.611. The average Bonchev–Trinajstić information content (AvgIpc) is 2.65. The first-order chi connectivity index (χ1) is 7.44. The van der Waals surface area contributed by atoms with Gasteiger partial charge >= 0.3 is 5.97 Å². The van der Waals surface area contributed by atoms with Crippen LogP contribution in [-0.2, 0) is 14.3 Å². The van der Waals surface area contributed by atoms with E-state index < -0.39 is 17.9 Å². The fourth-order valence-corrected chi connectivity index (χ4v) is 2.21. The van der Waals surface area contributed by atoms with Gasteiger partial charge in [-0.25, -0.2) is 4.90 Å². The predicted octanol–water partition coefficient (Wildman–Crippen LogP) is 1.14. The molecular weight excluding hydrogens is 210 g/mol. The van der Waals surface area contributed by atoms with Crippen molar-refractivity contribution in [2.24, 2.45) is 5.92 Å². The van der Waals surface area contributed by atoms with Crippen LogP contribution in [0.4, 0.5) is 0 Å². The molecule has 0 amide bonds. The van der Waals surface area contributed by atoms with Crippen LogP contribution < -0.4 is 0 Å². The lowest BCUT2D eigenvalue weighted by Gasteiger charge is -2.40. The Balaban J connectivity index is 2.87. The summed E-state index contributed by atoms with van der Waals surface area (Å²) in [5, 5.41) is 9.23. The Labute approximate surface area is 96.3 Å². The zero-order valence-corrected chi connectivity index (χ0v) is 10.4. The third-order valence-electron chi connectivity index (χ3n) is 3.02. The molecule has 1 aliphatic heterocycles. The largest absolute Gasteiger partial charge is 0.480 e. The topological polar surface area (TPSA) is 59.0 Å². The van der Waals surface area contributed by atoms with E-state index in [1.807, 2.05) is 20.8 Å². The summed E-state index contributed by atoms with van der Waals surface area (Å²) in [5.74, 6) is -1.71. The van der Waals surface area contributed by atoms with Crippen molar-refractivity contribution in [2.45, 2.75) is 39.1 Å². The van der Waals surface area contributed by atoms with Gasteiger partial charge in [-0.15, -0.1) is 0 Å². The van der Waals surface area contributed by atoms with Crippen molar-refractivity contribution in [3.63, 3.8) is 0 Å². The number of hydrogen-bond acceptors (Lipinski definition) is 4. The van der Waals surface area contributed by atoms with Crippen molar-refractivity contribution in [1.29, 1.82) is 0 Å². The van der Waals surface area contributed by atoms with Crippen LogP contribution in [0.3, 0.4) is 0 Å². The maximum absolute atomic E-state index is 11.2. The number of nitrogens with zero attached hydrogens (tertiary/aromatic N) is 1. The number of carboxylic acid groups (broad SMARTS) is 1. The molecule has 1 N–H and O–H groups in total. The minimum atomic E-state index is -0.868. The van der Waals surface area contributed by atoms with Crippen LogP contribution >= 0.6 is 0 Å². The number of aliphatic carboxylic acids is 1. The lowest BCUT2D eigenvalue weighted by atomic mass is 10.0. The summed E-state index contributed by atoms with van der Waals surface area (Å²) >= 11 is 0. The second-order valence-corrected chi connectivity index (χ2v) is 4.40. The van der Waals surface area contributed by atoms with Crippen LogP contribution in [0, 0.1) is 5.92 Å². The van der Waals surface area contributed by atoms with Gasteiger partial charge < -0.3 is 14.6 Å². The molecule has 5 heteroatoms. The van der Waals surface area contributed by atoms with E-state index in [4.69, 9.17) is 9.47 Å². The van der Waals surface area contributed by atoms with E-state index >= 15 is 0 Å². The summed E-state index contributed by atoms with van der Waals surface area (Å²) in [5.41, 5.74) is 0. The molecular formula is C11H21NO4. The smallest absolute Gasteiger partial charge is 0.321 e. The normalized spacial score (nSPS) is 21.6. The first kappa shape index (κ1) is 13.4. The summed E-state index contributed by atoms with van der Waals surface area (Å²) < 4.78 is 11.1. The molecule has 0 bridgehead atoms. The van der Waals surface area contributed by atoms with Crippen LogP contribution in [0.25, 0.3) is 0 Å². The first-order valence-electron chi connectivity index (χ1n) is 5.68. The maximum Gasteiger partial charge on any atom is 0.321 e. The highest BCUT2D eigenvalue weighted by Crippen LogP contribution is 2.30. The lowest BCUT2D eigenvalue weighted by Crippen LogP contribution is -2.56. The van der Waals surface area contributed by atoms with Gasteiger partial charge in [0.1, 0.15) is 6.04 Å². The van der Waals surface area contributed by atoms with Crippen molar-refractivity contribution in [2.75, 3.05) is 20.3 Å². The molecule has 0 spiro atoms. The number of carbonyl (C=O) groups is 1. The molecule has 1 fully saturated rings. The average molecular weight is 231 g/mol. The van der Waals surface area contributed by atoms with Gasteiger partial charge in [0, 0.05) is 6.42 Å². The Morgan fingerprint density at radius 2 is 1.94 bits per heavy atom. The Bertz CT molecular complexity index is 248. The molecule has 0 unspecified atom stereocenters. The van der Waals surface area contributed by atoms with E-state index in [0.29, 0.717) is 19.6 Å². The zero-order chi connectivity index (χ0) is 12.3. The summed E-state index contributed by atoms with van der Waals surface area (Å²) in [6.45, 7) is 6.73. The van der Waals surface area contributed by atoms with E-state index in [2.05, 4.69) is 0 Å². The van der Waals surface area contributed by atoms with Gasteiger partial charge in [0.2, 0.25) is 5.91 Å². The molecule has 0 aromatic rings. The third-order valence-corrected chi connectivity index (χ3v) is 3.02. The van der Waals surface area contributed by atoms with Gasteiger partial charge in [0.25, 0.3) is 0 Å². The summed E-state index contributed by atoms with van der Waals surface area (Å²) in [6, 6.07) is -0.599. The van der Waals surface area contributed by atoms with E-state index in [-0.39, 0.29) is 5.92 Å². The number of likely N-dealkylation sites (N-methyl/N-ethyl adjacent to an activating group) is 1. The molecule has 0 aromatic heterocycles. The number of hydrogen-bond donors (Lipinski definition) is 1. The lowest BCUT2D eigenvalue weighted by molar-refractivity contribution is -0.266. The quantitative estimate of drug-likeness (QED) is 0.768. The van der Waals surface area contributed by atoms with Crippen LogP contribution in [0.5, 0.6) is 0 Å². The molecule has 1 aliphatic rings. The van der Waals surface area contributed by atoms with Gasteiger partial charge in [0.05, 0.1) is 13.2 Å². The number of ether oxygens (including phenoxy) is 2. The summed E-state index contributed by atoms with van der Waals surface area (Å²) in [7, 11) is 1.74. The van der Waals surface area contributed by atoms with Gasteiger partial charge in [-0.2, -0.15) is 0 Å². The number of rotatable bonds is 5. The second kappa shape index (κ2) is 5.12. The highest BCUT2D eigenvalue weighted by molar-refractivity contribution is 5.73. The van der Waals surface area contributed by atoms with Crippen molar-refractivity contribution in [1.82, 2.24) is 4.90 Å². The minimum absolute atomic E-state index is 0.00118. The SMILES string of the molecule is CCC1(N(C)[C@H](C(=O)O)C(C)C)OCCO1. The van der Waals surface area contributed by atoms with E-state index in [1.54, 1.807) is 11.9 Å². The molecule has 0 aliphatic carbocycles. The van der Waals surface area contributed by atoms with E-state index in [9.17, 15) is 9.90 Å². The van der Waals surface area contributed by atoms with Crippen molar-refractivity contribution in [3.8, 4) is 0 Å². The Hall–Kier alpha value is -0.650. The molecule has 94 valence electrons. The van der Waals surface area contributed by atoms with Crippen LogP contribution in [0.2, 0.25) is 0 Å². The first-order valence-corrected chi connectivity index (χ1v) is 5.68. The van der Waals surface area contributed by atoms with Crippen molar-refractivity contribution in [3.05, 3.63) is 0 Å². The maximum atomic E-state index is 11.2. The van der Waals surface area contributed by atoms with Crippen LogP contribution in [0.15, 0.2) is 0 Å². The summed E-state index contributed by atoms with van der Waals surface area (Å²) in [4.78, 5) is 12.9. The Kier molecular flexibility index (Phi) is 4.29. The second-order valence-electron chi connectivity index (χ2n) is 4.40. The fourth-order valence-electron chi connectivity index (χ4n) is 2.21. The van der Waals surface area contributed by atoms with Crippen LogP contribution in [-0.4, -0.2) is 48.2 Å². The highest BCUT2D eigenvalue weighted by Gasteiger charge is 2.45. The van der Waals surface area contributed by atoms with Gasteiger partial charge in [-0.3, -0.25) is 4.79 Å². The standard InChI is InChI=1S/C11H21NO4/c1-5-11(15-6-7-16-11)12(4)9(8(2)3)10(13)14/h8-9H,5-7H2,1-4H3,(H,13,14)/t9-/m0/s1. The fraction of sp³-hybridized carbons (Fsp3) is 0.909. The molecule has 16 heavy (non-hydrogen) atoms. The third kappa shape index (κ3) is 2.36. The predicted molar refractivity (Wildman–Crippen MR) is 59.0 cm³/mol. The van der Waals surface area contributed by atoms with Crippen molar-refractivity contribution < 1.29 is 19.4 Å². The molecule has 0 aromatic carbocycles. The van der Waals surface area contributed by atoms with Crippen molar-refractivity contribution >= 4 is 5.97 Å². The molecule has 1 saturated heterocycles. The monoisotopic (exact) mass is 231 g/mol. The van der Waals surface area contributed by atoms with E-state index in [0.717, 1.165) is 0 Å². The van der Waals surface area contributed by atoms with E-state index in [1.165, 1.54) is 0 Å². The zero-order valence-electron chi connectivity index (χ0n) is 10.4. The van der Waals surface area contributed by atoms with Gasteiger partial charge in [-0.1, -0.05) is 20.8 Å². The molecule has 1 atom stereocenters. The van der Waals surface area contributed by atoms with Gasteiger partial charge in [0.15, 0.2) is 0 Å². The molecule has 1 heterocycles. The van der Waals surface area contributed by atoms with Gasteiger partial charge in [-0.05, 0) is 13.0 Å². The minimum Gasteiger partial charge on any atom is -0.480 e.